The Labute approximate surface area is 309 Å². The molecule has 0 fully saturated rings. The smallest absolute Gasteiger partial charge is 0.261 e. The number of nitrogens with zero attached hydrogens (tertiary/aromatic N) is 3. The number of rotatable bonds is 0. The molecule has 2 unspecified atom stereocenters. The molecule has 0 spiro atoms. The summed E-state index contributed by atoms with van der Waals surface area (Å²) in [6, 6.07) is 46.7. The Kier molecular flexibility index (Phi) is 5.19. The minimum atomic E-state index is 0.0330. The third kappa shape index (κ3) is 3.51. The average molecular weight is 698 g/mol. The molecule has 7 heterocycles. The maximum atomic E-state index is 2.59. The van der Waals surface area contributed by atoms with Gasteiger partial charge in [0, 0.05) is 82.5 Å². The lowest BCUT2D eigenvalue weighted by atomic mass is 9.84. The van der Waals surface area contributed by atoms with E-state index in [0.717, 1.165) is 6.42 Å². The van der Waals surface area contributed by atoms with Crippen LogP contribution >= 0.6 is 11.3 Å². The Morgan fingerprint density at radius 3 is 2.25 bits per heavy atom. The van der Waals surface area contributed by atoms with E-state index in [1.165, 1.54) is 108 Å². The number of para-hydroxylation sites is 1. The maximum Gasteiger partial charge on any atom is 0.261 e. The van der Waals surface area contributed by atoms with Crippen molar-refractivity contribution in [3.63, 3.8) is 0 Å². The van der Waals surface area contributed by atoms with Gasteiger partial charge in [-0.3, -0.25) is 0 Å². The molecule has 2 aliphatic rings. The van der Waals surface area contributed by atoms with Crippen molar-refractivity contribution in [1.82, 2.24) is 4.40 Å². The second kappa shape index (κ2) is 9.57. The lowest BCUT2D eigenvalue weighted by Gasteiger charge is -2.24. The van der Waals surface area contributed by atoms with Crippen molar-refractivity contribution in [3.8, 4) is 11.3 Å². The molecule has 0 N–H and O–H groups in total. The Bertz CT molecular complexity index is 3430. The second-order valence-corrected chi connectivity index (χ2v) is 17.6. The Balaban J connectivity index is 1.20. The van der Waals surface area contributed by atoms with Gasteiger partial charge in [-0.15, -0.1) is 11.3 Å². The predicted molar refractivity (Wildman–Crippen MR) is 220 cm³/mol. The lowest BCUT2D eigenvalue weighted by molar-refractivity contribution is -0.724. The third-order valence-electron chi connectivity index (χ3n) is 12.9. The summed E-state index contributed by atoms with van der Waals surface area (Å²) >= 11 is 1.91. The standard InChI is InChI=1S/C49H35N3S/c1-49(2,3)27-18-20-51-41(21-27)36-22-34-31-14-10-15-32-35-23-37-30-13-6-7-17-44(30)53-45(37)26-43(35)52(46(31)32)42(34)25-33(36)39-24-38-28-11-4-5-12-29(28)40-16-8-9-19-50(40)47(38)48(39)51/h4-23,25-26,38,47H,24H2,1-3H3/q+2. The van der Waals surface area contributed by atoms with Gasteiger partial charge < -0.3 is 4.40 Å². The highest BCUT2D eigenvalue weighted by molar-refractivity contribution is 7.25. The van der Waals surface area contributed by atoms with Gasteiger partial charge in [-0.25, -0.2) is 0 Å². The zero-order chi connectivity index (χ0) is 34.9. The van der Waals surface area contributed by atoms with Crippen LogP contribution in [0.4, 0.5) is 0 Å². The van der Waals surface area contributed by atoms with Gasteiger partial charge in [-0.05, 0) is 65.4 Å². The zero-order valence-electron chi connectivity index (χ0n) is 29.8. The van der Waals surface area contributed by atoms with Crippen LogP contribution in [0, 0.1) is 0 Å². The minimum Gasteiger partial charge on any atom is -0.308 e. The average Bonchev–Trinajstić information content (AvgIpc) is 3.93. The van der Waals surface area contributed by atoms with Gasteiger partial charge in [-0.1, -0.05) is 75.4 Å². The number of hydrogen-bond acceptors (Lipinski definition) is 1. The van der Waals surface area contributed by atoms with Crippen molar-refractivity contribution in [3.05, 3.63) is 156 Å². The zero-order valence-corrected chi connectivity index (χ0v) is 30.6. The van der Waals surface area contributed by atoms with E-state index in [9.17, 15) is 0 Å². The van der Waals surface area contributed by atoms with Gasteiger partial charge in [0.25, 0.3) is 5.69 Å². The highest BCUT2D eigenvalue weighted by atomic mass is 32.1. The molecule has 5 aromatic carbocycles. The summed E-state index contributed by atoms with van der Waals surface area (Å²) in [5, 5.41) is 10.8. The summed E-state index contributed by atoms with van der Waals surface area (Å²) < 4.78 is 10.4. The molecule has 11 aromatic rings. The van der Waals surface area contributed by atoms with Gasteiger partial charge in [0.1, 0.15) is 0 Å². The number of benzene rings is 5. The molecule has 0 bridgehead atoms. The molecule has 6 aromatic heterocycles. The van der Waals surface area contributed by atoms with E-state index in [0.29, 0.717) is 5.92 Å². The van der Waals surface area contributed by atoms with Crippen LogP contribution in [0.15, 0.2) is 134 Å². The van der Waals surface area contributed by atoms with E-state index in [-0.39, 0.29) is 11.5 Å². The first-order valence-electron chi connectivity index (χ1n) is 18.9. The van der Waals surface area contributed by atoms with Crippen LogP contribution in [-0.4, -0.2) is 4.40 Å². The number of pyridine rings is 3. The summed E-state index contributed by atoms with van der Waals surface area (Å²) in [5.74, 6) is 0.357. The van der Waals surface area contributed by atoms with Gasteiger partial charge in [0.2, 0.25) is 17.3 Å². The van der Waals surface area contributed by atoms with E-state index in [1.807, 2.05) is 11.3 Å². The highest BCUT2D eigenvalue weighted by Crippen LogP contribution is 2.51. The lowest BCUT2D eigenvalue weighted by Crippen LogP contribution is -2.49. The quantitative estimate of drug-likeness (QED) is 0.110. The van der Waals surface area contributed by atoms with Crippen molar-refractivity contribution < 1.29 is 8.97 Å². The number of aromatic nitrogens is 3. The van der Waals surface area contributed by atoms with Crippen LogP contribution in [0.1, 0.15) is 55.1 Å². The van der Waals surface area contributed by atoms with E-state index < -0.39 is 0 Å². The van der Waals surface area contributed by atoms with E-state index in [1.54, 1.807) is 0 Å². The molecule has 53 heavy (non-hydrogen) atoms. The van der Waals surface area contributed by atoms with Crippen molar-refractivity contribution in [1.29, 1.82) is 0 Å². The summed E-state index contributed by atoms with van der Waals surface area (Å²) in [7, 11) is 0. The monoisotopic (exact) mass is 697 g/mol. The van der Waals surface area contributed by atoms with Crippen LogP contribution < -0.4 is 8.97 Å². The minimum absolute atomic E-state index is 0.0330. The first kappa shape index (κ1) is 28.7. The Morgan fingerprint density at radius 2 is 1.38 bits per heavy atom. The van der Waals surface area contributed by atoms with Crippen molar-refractivity contribution in [2.45, 2.75) is 44.6 Å². The third-order valence-corrected chi connectivity index (χ3v) is 14.0. The Morgan fingerprint density at radius 1 is 0.623 bits per heavy atom. The van der Waals surface area contributed by atoms with Crippen molar-refractivity contribution in [2.75, 3.05) is 0 Å². The molecule has 1 aliphatic carbocycles. The van der Waals surface area contributed by atoms with Crippen LogP contribution in [0.2, 0.25) is 0 Å². The largest absolute Gasteiger partial charge is 0.308 e. The van der Waals surface area contributed by atoms with E-state index in [2.05, 4.69) is 168 Å². The van der Waals surface area contributed by atoms with Crippen molar-refractivity contribution in [2.24, 2.45) is 0 Å². The van der Waals surface area contributed by atoms with E-state index >= 15 is 0 Å². The van der Waals surface area contributed by atoms with Crippen LogP contribution in [0.5, 0.6) is 0 Å². The molecule has 1 aliphatic heterocycles. The fraction of sp³-hybridized carbons (Fsp3) is 0.143. The number of fused-ring (bicyclic) bond motifs is 22. The van der Waals surface area contributed by atoms with E-state index in [4.69, 9.17) is 0 Å². The summed E-state index contributed by atoms with van der Waals surface area (Å²) in [4.78, 5) is 0. The first-order valence-corrected chi connectivity index (χ1v) is 19.7. The van der Waals surface area contributed by atoms with Crippen molar-refractivity contribution >= 4 is 85.9 Å². The normalized spacial score (nSPS) is 16.9. The van der Waals surface area contributed by atoms with Gasteiger partial charge in [0.05, 0.1) is 27.9 Å². The molecule has 0 saturated heterocycles. The SMILES string of the molecule is CC(C)(C)c1cc[n+]2c3c(c4cc5c(cc4c2c1)c1cccc2c4cc6c(cc4n5c21)sc1ccccc16)CC1c2ccccc2-c2cccc[n+]2C31. The molecule has 0 saturated carbocycles. The van der Waals surface area contributed by atoms with Crippen LogP contribution in [0.25, 0.3) is 85.8 Å². The van der Waals surface area contributed by atoms with Gasteiger partial charge in [0.15, 0.2) is 12.4 Å². The molecule has 3 nitrogen and oxygen atoms in total. The number of hydrogen-bond donors (Lipinski definition) is 0. The molecule has 4 heteroatoms. The summed E-state index contributed by atoms with van der Waals surface area (Å²) in [5.41, 5.74) is 13.7. The Hall–Kier alpha value is -5.84. The van der Waals surface area contributed by atoms with Gasteiger partial charge >= 0.3 is 0 Å². The predicted octanol–water partition coefficient (Wildman–Crippen LogP) is 11.6. The summed E-state index contributed by atoms with van der Waals surface area (Å²) in [6.45, 7) is 7.00. The molecule has 13 rings (SSSR count). The fourth-order valence-corrected chi connectivity index (χ4v) is 11.6. The molecular formula is C49H35N3S+2. The van der Waals surface area contributed by atoms with Crippen LogP contribution in [0.3, 0.4) is 0 Å². The molecule has 250 valence electrons. The molecule has 0 amide bonds. The second-order valence-electron chi connectivity index (χ2n) is 16.5. The molecule has 0 radical (unpaired) electrons. The summed E-state index contributed by atoms with van der Waals surface area (Å²) in [6.07, 6.45) is 5.70. The number of thiophene rings is 1. The fourth-order valence-electron chi connectivity index (χ4n) is 10.5. The molecular weight excluding hydrogens is 663 g/mol. The molecule has 2 atom stereocenters. The highest BCUT2D eigenvalue weighted by Gasteiger charge is 2.52. The topological polar surface area (TPSA) is 12.4 Å². The maximum absolute atomic E-state index is 2.59. The first-order chi connectivity index (χ1) is 25.9. The van der Waals surface area contributed by atoms with Gasteiger partial charge in [-0.2, -0.15) is 8.97 Å². The van der Waals surface area contributed by atoms with Crippen LogP contribution in [-0.2, 0) is 11.8 Å².